The standard InChI is InChI=1S/C18H19F3N8/c1-9(15-13(21)4-11(20)5-24-15)28-17-12(3-10(19)6-25-17)16(22)29(18(28)23)14-7-27(2)8-26-14/h3-9,16,18H,22-23H2,1-2H3/t9-,16?,18?/m0/s1. The van der Waals surface area contributed by atoms with E-state index in [0.29, 0.717) is 11.4 Å². The second-order valence-corrected chi connectivity index (χ2v) is 6.83. The van der Waals surface area contributed by atoms with Crippen LogP contribution < -0.4 is 21.3 Å². The van der Waals surface area contributed by atoms with Crippen LogP contribution in [0.3, 0.4) is 0 Å². The van der Waals surface area contributed by atoms with Crippen LogP contribution in [-0.2, 0) is 7.05 Å². The first-order valence-electron chi connectivity index (χ1n) is 8.80. The summed E-state index contributed by atoms with van der Waals surface area (Å²) in [5, 5.41) is 0. The zero-order valence-electron chi connectivity index (χ0n) is 15.7. The number of aryl methyl sites for hydroxylation is 1. The van der Waals surface area contributed by atoms with Gasteiger partial charge in [-0.2, -0.15) is 0 Å². The second-order valence-electron chi connectivity index (χ2n) is 6.83. The maximum Gasteiger partial charge on any atom is 0.159 e. The van der Waals surface area contributed by atoms with Crippen molar-refractivity contribution in [2.75, 3.05) is 9.80 Å². The van der Waals surface area contributed by atoms with Crippen molar-refractivity contribution >= 4 is 11.6 Å². The maximum atomic E-state index is 14.4. The number of nitrogens with zero attached hydrogens (tertiary/aromatic N) is 6. The van der Waals surface area contributed by atoms with Crippen molar-refractivity contribution < 1.29 is 13.2 Å². The zero-order valence-corrected chi connectivity index (χ0v) is 15.7. The normalized spacial score (nSPS) is 20.0. The molecule has 1 aliphatic heterocycles. The van der Waals surface area contributed by atoms with Crippen molar-refractivity contribution in [1.82, 2.24) is 19.5 Å². The summed E-state index contributed by atoms with van der Waals surface area (Å²) in [4.78, 5) is 15.4. The summed E-state index contributed by atoms with van der Waals surface area (Å²) in [6.45, 7) is 1.64. The number of pyridine rings is 2. The van der Waals surface area contributed by atoms with Gasteiger partial charge in [-0.1, -0.05) is 0 Å². The molecule has 152 valence electrons. The van der Waals surface area contributed by atoms with E-state index in [1.54, 1.807) is 40.9 Å². The number of halogens is 3. The van der Waals surface area contributed by atoms with Crippen molar-refractivity contribution in [3.05, 3.63) is 65.8 Å². The van der Waals surface area contributed by atoms with E-state index in [1.807, 2.05) is 0 Å². The Morgan fingerprint density at radius 1 is 1.03 bits per heavy atom. The minimum atomic E-state index is -0.924. The van der Waals surface area contributed by atoms with E-state index >= 15 is 0 Å². The molecule has 0 aromatic carbocycles. The molecule has 29 heavy (non-hydrogen) atoms. The van der Waals surface area contributed by atoms with Crippen molar-refractivity contribution in [2.45, 2.75) is 25.4 Å². The maximum absolute atomic E-state index is 14.4. The van der Waals surface area contributed by atoms with E-state index in [9.17, 15) is 13.2 Å². The molecule has 0 aliphatic carbocycles. The highest BCUT2D eigenvalue weighted by atomic mass is 19.1. The minimum absolute atomic E-state index is 0.0321. The van der Waals surface area contributed by atoms with Gasteiger partial charge in [-0.05, 0) is 13.0 Å². The van der Waals surface area contributed by atoms with Crippen LogP contribution in [0.2, 0.25) is 0 Å². The Hall–Kier alpha value is -3.18. The van der Waals surface area contributed by atoms with Gasteiger partial charge >= 0.3 is 0 Å². The predicted molar refractivity (Wildman–Crippen MR) is 99.8 cm³/mol. The van der Waals surface area contributed by atoms with E-state index in [2.05, 4.69) is 15.0 Å². The van der Waals surface area contributed by atoms with Gasteiger partial charge in [0.1, 0.15) is 29.4 Å². The van der Waals surface area contributed by atoms with Crippen molar-refractivity contribution in [3.63, 3.8) is 0 Å². The van der Waals surface area contributed by atoms with Crippen LogP contribution in [0.4, 0.5) is 24.8 Å². The van der Waals surface area contributed by atoms with Crippen molar-refractivity contribution in [1.29, 1.82) is 0 Å². The van der Waals surface area contributed by atoms with Gasteiger partial charge in [-0.15, -0.1) is 0 Å². The molecule has 3 aromatic rings. The Morgan fingerprint density at radius 3 is 2.38 bits per heavy atom. The highest BCUT2D eigenvalue weighted by Crippen LogP contribution is 2.40. The van der Waals surface area contributed by atoms with E-state index in [1.165, 1.54) is 6.07 Å². The van der Waals surface area contributed by atoms with Gasteiger partial charge < -0.3 is 20.1 Å². The van der Waals surface area contributed by atoms with Crippen LogP contribution in [0.25, 0.3) is 0 Å². The summed E-state index contributed by atoms with van der Waals surface area (Å²) in [6, 6.07) is 1.24. The Bertz CT molecular complexity index is 1060. The number of hydrogen-bond acceptors (Lipinski definition) is 7. The number of rotatable bonds is 3. The third kappa shape index (κ3) is 3.17. The average Bonchev–Trinajstić information content (AvgIpc) is 3.08. The molecule has 3 atom stereocenters. The Morgan fingerprint density at radius 2 is 1.72 bits per heavy atom. The summed E-state index contributed by atoms with van der Waals surface area (Å²) in [6.07, 6.45) is 3.47. The van der Waals surface area contributed by atoms with E-state index in [-0.39, 0.29) is 11.5 Å². The minimum Gasteiger partial charge on any atom is -0.338 e. The van der Waals surface area contributed by atoms with Gasteiger partial charge in [0.25, 0.3) is 0 Å². The van der Waals surface area contributed by atoms with Crippen LogP contribution in [0.5, 0.6) is 0 Å². The molecule has 1 aliphatic rings. The quantitative estimate of drug-likeness (QED) is 0.688. The van der Waals surface area contributed by atoms with Gasteiger partial charge in [-0.25, -0.2) is 23.1 Å². The summed E-state index contributed by atoms with van der Waals surface area (Å²) in [7, 11) is 1.78. The van der Waals surface area contributed by atoms with Crippen LogP contribution in [0.15, 0.2) is 37.1 Å². The number of nitrogens with two attached hydrogens (primary N) is 2. The molecular formula is C18H19F3N8. The van der Waals surface area contributed by atoms with Gasteiger partial charge in [0, 0.05) is 24.9 Å². The Kier molecular flexibility index (Phi) is 4.63. The fraction of sp³-hybridized carbons (Fsp3) is 0.278. The Labute approximate surface area is 164 Å². The summed E-state index contributed by atoms with van der Waals surface area (Å²) in [5.74, 6) is -1.45. The molecule has 2 unspecified atom stereocenters. The third-order valence-electron chi connectivity index (χ3n) is 4.90. The summed E-state index contributed by atoms with van der Waals surface area (Å²) >= 11 is 0. The average molecular weight is 404 g/mol. The van der Waals surface area contributed by atoms with Crippen molar-refractivity contribution in [3.8, 4) is 0 Å². The molecule has 4 rings (SSSR count). The predicted octanol–water partition coefficient (Wildman–Crippen LogP) is 1.91. The van der Waals surface area contributed by atoms with E-state index in [4.69, 9.17) is 11.5 Å². The van der Waals surface area contributed by atoms with Gasteiger partial charge in [-0.3, -0.25) is 10.7 Å². The van der Waals surface area contributed by atoms with Crippen LogP contribution in [0, 0.1) is 17.5 Å². The van der Waals surface area contributed by atoms with E-state index in [0.717, 1.165) is 18.5 Å². The molecule has 0 fully saturated rings. The Balaban J connectivity index is 1.86. The first-order chi connectivity index (χ1) is 13.8. The first kappa shape index (κ1) is 19.2. The molecule has 0 spiro atoms. The fourth-order valence-electron chi connectivity index (χ4n) is 3.54. The molecule has 4 N–H and O–H groups in total. The molecule has 4 heterocycles. The third-order valence-corrected chi connectivity index (χ3v) is 4.90. The second kappa shape index (κ2) is 7.01. The first-order valence-corrected chi connectivity index (χ1v) is 8.80. The monoisotopic (exact) mass is 404 g/mol. The topological polar surface area (TPSA) is 102 Å². The number of fused-ring (bicyclic) bond motifs is 1. The summed E-state index contributed by atoms with van der Waals surface area (Å²) in [5.41, 5.74) is 13.2. The van der Waals surface area contributed by atoms with Crippen LogP contribution in [-0.4, -0.2) is 25.8 Å². The molecule has 0 saturated carbocycles. The lowest BCUT2D eigenvalue weighted by Crippen LogP contribution is -2.62. The lowest BCUT2D eigenvalue weighted by molar-refractivity contribution is 0.425. The zero-order chi connectivity index (χ0) is 20.9. The summed E-state index contributed by atoms with van der Waals surface area (Å²) < 4.78 is 43.4. The van der Waals surface area contributed by atoms with Gasteiger partial charge in [0.15, 0.2) is 12.1 Å². The molecule has 0 radical (unpaired) electrons. The number of imidazole rings is 1. The van der Waals surface area contributed by atoms with Gasteiger partial charge in [0.2, 0.25) is 0 Å². The fourth-order valence-corrected chi connectivity index (χ4v) is 3.54. The number of hydrogen-bond donors (Lipinski definition) is 2. The molecule has 0 saturated heterocycles. The highest BCUT2D eigenvalue weighted by molar-refractivity contribution is 5.60. The molecule has 0 bridgehead atoms. The van der Waals surface area contributed by atoms with Crippen molar-refractivity contribution in [2.24, 2.45) is 18.5 Å². The van der Waals surface area contributed by atoms with Gasteiger partial charge in [0.05, 0.1) is 30.5 Å². The molecule has 0 amide bonds. The number of aromatic nitrogens is 4. The smallest absolute Gasteiger partial charge is 0.159 e. The number of anilines is 2. The molecular weight excluding hydrogens is 385 g/mol. The van der Waals surface area contributed by atoms with E-state index < -0.39 is 35.9 Å². The molecule has 8 nitrogen and oxygen atoms in total. The SMILES string of the molecule is C[C@@H](c1ncc(F)cc1F)N1c2ncc(F)cc2C(N)N(c2cn(C)cn2)C1N. The molecule has 3 aromatic heterocycles. The lowest BCUT2D eigenvalue weighted by atomic mass is 10.1. The largest absolute Gasteiger partial charge is 0.338 e. The lowest BCUT2D eigenvalue weighted by Gasteiger charge is -2.48. The van der Waals surface area contributed by atoms with Crippen LogP contribution in [0.1, 0.15) is 30.4 Å². The molecule has 11 heteroatoms. The van der Waals surface area contributed by atoms with Crippen LogP contribution >= 0.6 is 0 Å². The highest BCUT2D eigenvalue weighted by Gasteiger charge is 2.41.